The predicted octanol–water partition coefficient (Wildman–Crippen LogP) is 4.39. The van der Waals surface area contributed by atoms with Gasteiger partial charge in [0.05, 0.1) is 26.0 Å². The van der Waals surface area contributed by atoms with Gasteiger partial charge in [0.2, 0.25) is 0 Å². The Hall–Kier alpha value is -2.21. The largest absolute Gasteiger partial charge is 0.493 e. The summed E-state index contributed by atoms with van der Waals surface area (Å²) >= 11 is 1.86. The molecule has 6 heteroatoms. The van der Waals surface area contributed by atoms with Crippen LogP contribution in [-0.2, 0) is 0 Å². The highest BCUT2D eigenvalue weighted by Crippen LogP contribution is 2.50. The van der Waals surface area contributed by atoms with Crippen molar-refractivity contribution in [1.82, 2.24) is 9.88 Å². The van der Waals surface area contributed by atoms with Crippen LogP contribution in [0.2, 0.25) is 0 Å². The van der Waals surface area contributed by atoms with Crippen LogP contribution in [0.25, 0.3) is 0 Å². The molecule has 1 aromatic carbocycles. The first kappa shape index (κ1) is 18.2. The molecular formula is C21H25N3O2S. The average Bonchev–Trinajstić information content (AvgIpc) is 3.27. The Balaban J connectivity index is 1.84. The Morgan fingerprint density at radius 1 is 1.19 bits per heavy atom. The lowest BCUT2D eigenvalue weighted by Gasteiger charge is -2.33. The van der Waals surface area contributed by atoms with E-state index in [0.717, 1.165) is 34.5 Å². The second-order valence-corrected chi connectivity index (χ2v) is 7.89. The second-order valence-electron chi connectivity index (χ2n) is 6.90. The SMILES string of the molecule is CC[C@@H]1CSC2=N[C@H](c3ccccn3)[C@H](c3cc(OC)c(OC)cc3C)N21. The van der Waals surface area contributed by atoms with Crippen molar-refractivity contribution in [3.63, 3.8) is 0 Å². The number of rotatable bonds is 5. The second kappa shape index (κ2) is 7.43. The minimum atomic E-state index is -0.0140. The summed E-state index contributed by atoms with van der Waals surface area (Å²) in [6, 6.07) is 10.8. The van der Waals surface area contributed by atoms with E-state index in [1.807, 2.05) is 30.1 Å². The summed E-state index contributed by atoms with van der Waals surface area (Å²) in [6.45, 7) is 4.38. The summed E-state index contributed by atoms with van der Waals surface area (Å²) in [5.41, 5.74) is 3.42. The zero-order valence-corrected chi connectivity index (χ0v) is 17.0. The fourth-order valence-corrected chi connectivity index (χ4v) is 5.34. The first-order valence-electron chi connectivity index (χ1n) is 9.30. The lowest BCUT2D eigenvalue weighted by molar-refractivity contribution is 0.253. The third-order valence-electron chi connectivity index (χ3n) is 5.42. The molecule has 1 fully saturated rings. The van der Waals surface area contributed by atoms with Crippen molar-refractivity contribution in [3.05, 3.63) is 53.3 Å². The Bertz CT molecular complexity index is 856. The van der Waals surface area contributed by atoms with Gasteiger partial charge in [-0.05, 0) is 48.7 Å². The van der Waals surface area contributed by atoms with Crippen LogP contribution < -0.4 is 9.47 Å². The molecule has 3 atom stereocenters. The van der Waals surface area contributed by atoms with E-state index in [1.165, 1.54) is 11.1 Å². The molecule has 2 aromatic rings. The summed E-state index contributed by atoms with van der Waals surface area (Å²) < 4.78 is 11.1. The molecule has 27 heavy (non-hydrogen) atoms. The number of hydrogen-bond acceptors (Lipinski definition) is 6. The highest BCUT2D eigenvalue weighted by molar-refractivity contribution is 8.14. The number of benzene rings is 1. The van der Waals surface area contributed by atoms with Crippen molar-refractivity contribution in [1.29, 1.82) is 0 Å². The van der Waals surface area contributed by atoms with Crippen molar-refractivity contribution in [2.24, 2.45) is 4.99 Å². The van der Waals surface area contributed by atoms with E-state index in [0.29, 0.717) is 6.04 Å². The summed E-state index contributed by atoms with van der Waals surface area (Å²) in [5, 5.41) is 1.14. The molecule has 1 saturated heterocycles. The Labute approximate surface area is 164 Å². The van der Waals surface area contributed by atoms with E-state index >= 15 is 0 Å². The third kappa shape index (κ3) is 3.06. The van der Waals surface area contributed by atoms with Gasteiger partial charge in [-0.1, -0.05) is 24.8 Å². The summed E-state index contributed by atoms with van der Waals surface area (Å²) in [7, 11) is 3.36. The molecule has 0 radical (unpaired) electrons. The van der Waals surface area contributed by atoms with Crippen LogP contribution in [-0.4, -0.2) is 41.1 Å². The van der Waals surface area contributed by atoms with E-state index in [-0.39, 0.29) is 12.1 Å². The molecule has 0 aliphatic carbocycles. The van der Waals surface area contributed by atoms with Gasteiger partial charge in [0.15, 0.2) is 16.7 Å². The van der Waals surface area contributed by atoms with E-state index in [2.05, 4.69) is 41.9 Å². The number of fused-ring (bicyclic) bond motifs is 1. The maximum Gasteiger partial charge on any atom is 0.161 e. The molecular weight excluding hydrogens is 358 g/mol. The maximum absolute atomic E-state index is 5.60. The van der Waals surface area contributed by atoms with Crippen LogP contribution in [0.15, 0.2) is 41.5 Å². The fraction of sp³-hybridized carbons (Fsp3) is 0.429. The fourth-order valence-electron chi connectivity index (χ4n) is 4.00. The van der Waals surface area contributed by atoms with Crippen molar-refractivity contribution in [2.45, 2.75) is 38.4 Å². The number of aryl methyl sites for hydroxylation is 1. The number of nitrogens with zero attached hydrogens (tertiary/aromatic N) is 3. The molecule has 3 heterocycles. The molecule has 2 aliphatic rings. The minimum absolute atomic E-state index is 0.0140. The topological polar surface area (TPSA) is 47.0 Å². The number of ether oxygens (including phenoxy) is 2. The summed E-state index contributed by atoms with van der Waals surface area (Å²) in [4.78, 5) is 12.2. The molecule has 4 rings (SSSR count). The van der Waals surface area contributed by atoms with Gasteiger partial charge in [0.1, 0.15) is 6.04 Å². The molecule has 0 bridgehead atoms. The van der Waals surface area contributed by atoms with Gasteiger partial charge < -0.3 is 14.4 Å². The Kier molecular flexibility index (Phi) is 5.00. The molecule has 142 valence electrons. The van der Waals surface area contributed by atoms with Crippen molar-refractivity contribution < 1.29 is 9.47 Å². The summed E-state index contributed by atoms with van der Waals surface area (Å²) in [5.74, 6) is 2.61. The molecule has 0 saturated carbocycles. The van der Waals surface area contributed by atoms with Gasteiger partial charge in [-0.3, -0.25) is 9.98 Å². The normalized spacial score (nSPS) is 23.9. The summed E-state index contributed by atoms with van der Waals surface area (Å²) in [6.07, 6.45) is 2.95. The molecule has 0 amide bonds. The quantitative estimate of drug-likeness (QED) is 0.766. The number of aromatic nitrogens is 1. The minimum Gasteiger partial charge on any atom is -0.493 e. The molecule has 1 aromatic heterocycles. The van der Waals surface area contributed by atoms with Gasteiger partial charge in [0, 0.05) is 18.0 Å². The molecule has 0 spiro atoms. The maximum atomic E-state index is 5.60. The zero-order valence-electron chi connectivity index (χ0n) is 16.2. The smallest absolute Gasteiger partial charge is 0.161 e. The highest BCUT2D eigenvalue weighted by atomic mass is 32.2. The van der Waals surface area contributed by atoms with Crippen LogP contribution in [0.5, 0.6) is 11.5 Å². The highest BCUT2D eigenvalue weighted by Gasteiger charge is 2.46. The molecule has 0 unspecified atom stereocenters. The predicted molar refractivity (Wildman–Crippen MR) is 110 cm³/mol. The van der Waals surface area contributed by atoms with Crippen LogP contribution in [0.3, 0.4) is 0 Å². The van der Waals surface area contributed by atoms with E-state index in [9.17, 15) is 0 Å². The molecule has 2 aliphatic heterocycles. The van der Waals surface area contributed by atoms with E-state index < -0.39 is 0 Å². The lowest BCUT2D eigenvalue weighted by Crippen LogP contribution is -2.35. The van der Waals surface area contributed by atoms with Gasteiger partial charge in [-0.15, -0.1) is 0 Å². The number of thioether (sulfide) groups is 1. The van der Waals surface area contributed by atoms with Crippen LogP contribution >= 0.6 is 11.8 Å². The standard InChI is InChI=1S/C21H25N3O2S/c1-5-14-12-27-21-23-19(16-8-6-7-9-22-16)20(24(14)21)15-11-18(26-4)17(25-3)10-13(15)2/h6-11,14,19-20H,5,12H2,1-4H3/t14-,19-,20+/m1/s1. The zero-order chi connectivity index (χ0) is 19.0. The van der Waals surface area contributed by atoms with Crippen LogP contribution in [0.1, 0.15) is 42.2 Å². The van der Waals surface area contributed by atoms with Crippen molar-refractivity contribution in [2.75, 3.05) is 20.0 Å². The van der Waals surface area contributed by atoms with E-state index in [1.54, 1.807) is 14.2 Å². The van der Waals surface area contributed by atoms with Gasteiger partial charge in [0.25, 0.3) is 0 Å². The van der Waals surface area contributed by atoms with Crippen molar-refractivity contribution >= 4 is 16.9 Å². The van der Waals surface area contributed by atoms with E-state index in [4.69, 9.17) is 14.5 Å². The first-order valence-corrected chi connectivity index (χ1v) is 10.3. The number of aliphatic imine (C=N–C) groups is 1. The number of amidine groups is 1. The van der Waals surface area contributed by atoms with Crippen LogP contribution in [0.4, 0.5) is 0 Å². The van der Waals surface area contributed by atoms with Crippen molar-refractivity contribution in [3.8, 4) is 11.5 Å². The lowest BCUT2D eigenvalue weighted by atomic mass is 9.91. The number of pyridine rings is 1. The van der Waals surface area contributed by atoms with Crippen LogP contribution in [0, 0.1) is 6.92 Å². The average molecular weight is 384 g/mol. The third-order valence-corrected chi connectivity index (χ3v) is 6.55. The Morgan fingerprint density at radius 3 is 2.63 bits per heavy atom. The monoisotopic (exact) mass is 383 g/mol. The molecule has 5 nitrogen and oxygen atoms in total. The number of methoxy groups -OCH3 is 2. The first-order chi connectivity index (χ1) is 13.2. The molecule has 0 N–H and O–H groups in total. The Morgan fingerprint density at radius 2 is 1.96 bits per heavy atom. The number of hydrogen-bond donors (Lipinski definition) is 0. The van der Waals surface area contributed by atoms with Gasteiger partial charge in [-0.2, -0.15) is 0 Å². The van der Waals surface area contributed by atoms with Gasteiger partial charge >= 0.3 is 0 Å². The van der Waals surface area contributed by atoms with Gasteiger partial charge in [-0.25, -0.2) is 0 Å².